The molecule has 1 saturated heterocycles. The number of amides is 1. The van der Waals surface area contributed by atoms with Gasteiger partial charge in [-0.1, -0.05) is 19.1 Å². The Morgan fingerprint density at radius 2 is 2.33 bits per heavy atom. The van der Waals surface area contributed by atoms with Gasteiger partial charge >= 0.3 is 0 Å². The molecule has 130 valence electrons. The Morgan fingerprint density at radius 1 is 1.50 bits per heavy atom. The van der Waals surface area contributed by atoms with Gasteiger partial charge in [0.05, 0.1) is 12.7 Å². The number of carbonyl (C=O) groups excluding carboxylic acids is 1. The van der Waals surface area contributed by atoms with E-state index in [1.807, 2.05) is 17.0 Å². The molecule has 2 rings (SSSR count). The van der Waals surface area contributed by atoms with Gasteiger partial charge in [-0.15, -0.1) is 0 Å². The molecule has 24 heavy (non-hydrogen) atoms. The minimum atomic E-state index is 0.168. The molecule has 1 aliphatic heterocycles. The van der Waals surface area contributed by atoms with Crippen LogP contribution in [-0.4, -0.2) is 36.5 Å². The minimum Gasteiger partial charge on any atom is -0.494 e. The quantitative estimate of drug-likeness (QED) is 0.781. The number of carbonyl (C=O) groups is 1. The predicted octanol–water partition coefficient (Wildman–Crippen LogP) is 2.72. The number of unbranched alkanes of at least 4 members (excludes halogenated alkanes) is 1. The first kappa shape index (κ1) is 18.3. The van der Waals surface area contributed by atoms with Gasteiger partial charge in [0.25, 0.3) is 0 Å². The van der Waals surface area contributed by atoms with E-state index < -0.39 is 0 Å². The van der Waals surface area contributed by atoms with E-state index >= 15 is 0 Å². The maximum Gasteiger partial charge on any atom is 0.219 e. The first-order valence-corrected chi connectivity index (χ1v) is 8.67. The van der Waals surface area contributed by atoms with E-state index in [1.54, 1.807) is 6.92 Å². The highest BCUT2D eigenvalue weighted by atomic mass is 16.5. The van der Waals surface area contributed by atoms with Gasteiger partial charge in [0, 0.05) is 39.0 Å². The molecule has 1 heterocycles. The summed E-state index contributed by atoms with van der Waals surface area (Å²) in [5.74, 6) is 1.47. The van der Waals surface area contributed by atoms with Crippen LogP contribution in [0.4, 0.5) is 0 Å². The van der Waals surface area contributed by atoms with Crippen molar-refractivity contribution in [3.05, 3.63) is 29.8 Å². The SMILES string of the molecule is CC(=O)N1CC[C@@H](NCc2cccc(OCCCC#N)c2)[C@H](C)C1. The molecule has 1 amide bonds. The number of nitrogens with zero attached hydrogens (tertiary/aromatic N) is 2. The molecular formula is C19H27N3O2. The highest BCUT2D eigenvalue weighted by Crippen LogP contribution is 2.19. The fourth-order valence-corrected chi connectivity index (χ4v) is 3.07. The summed E-state index contributed by atoms with van der Waals surface area (Å²) in [6, 6.07) is 10.6. The molecule has 0 aromatic heterocycles. The summed E-state index contributed by atoms with van der Waals surface area (Å²) < 4.78 is 5.68. The Hall–Kier alpha value is -2.06. The summed E-state index contributed by atoms with van der Waals surface area (Å²) in [4.78, 5) is 13.4. The Bertz CT molecular complexity index is 582. The Balaban J connectivity index is 1.80. The van der Waals surface area contributed by atoms with Crippen LogP contribution >= 0.6 is 0 Å². The van der Waals surface area contributed by atoms with Crippen molar-refractivity contribution in [2.75, 3.05) is 19.7 Å². The molecule has 5 heteroatoms. The monoisotopic (exact) mass is 329 g/mol. The average Bonchev–Trinajstić information content (AvgIpc) is 2.58. The average molecular weight is 329 g/mol. The van der Waals surface area contributed by atoms with E-state index in [9.17, 15) is 4.79 Å². The zero-order valence-corrected chi connectivity index (χ0v) is 14.6. The molecule has 0 bridgehead atoms. The summed E-state index contributed by atoms with van der Waals surface area (Å²) in [7, 11) is 0. The van der Waals surface area contributed by atoms with Crippen molar-refractivity contribution in [3.63, 3.8) is 0 Å². The smallest absolute Gasteiger partial charge is 0.219 e. The van der Waals surface area contributed by atoms with E-state index in [0.29, 0.717) is 25.0 Å². The Morgan fingerprint density at radius 3 is 3.04 bits per heavy atom. The maximum absolute atomic E-state index is 11.5. The lowest BCUT2D eigenvalue weighted by atomic mass is 9.93. The number of rotatable bonds is 7. The molecule has 1 fully saturated rings. The third-order valence-corrected chi connectivity index (χ3v) is 4.52. The van der Waals surface area contributed by atoms with Crippen LogP contribution in [0.5, 0.6) is 5.75 Å². The lowest BCUT2D eigenvalue weighted by molar-refractivity contribution is -0.130. The van der Waals surface area contributed by atoms with E-state index in [-0.39, 0.29) is 5.91 Å². The van der Waals surface area contributed by atoms with Gasteiger partial charge in [-0.25, -0.2) is 0 Å². The van der Waals surface area contributed by atoms with E-state index in [4.69, 9.17) is 10.00 Å². The van der Waals surface area contributed by atoms with Crippen molar-refractivity contribution in [1.82, 2.24) is 10.2 Å². The summed E-state index contributed by atoms with van der Waals surface area (Å²) >= 11 is 0. The maximum atomic E-state index is 11.5. The van der Waals surface area contributed by atoms with Crippen LogP contribution in [-0.2, 0) is 11.3 Å². The van der Waals surface area contributed by atoms with Crippen molar-refractivity contribution >= 4 is 5.91 Å². The van der Waals surface area contributed by atoms with E-state index in [1.165, 1.54) is 5.56 Å². The second kappa shape index (κ2) is 9.29. The number of piperidine rings is 1. The first-order chi connectivity index (χ1) is 11.6. The summed E-state index contributed by atoms with van der Waals surface area (Å²) in [5.41, 5.74) is 1.19. The van der Waals surface area contributed by atoms with Crippen LogP contribution < -0.4 is 10.1 Å². The molecule has 5 nitrogen and oxygen atoms in total. The molecule has 1 aliphatic rings. The fraction of sp³-hybridized carbons (Fsp3) is 0.579. The summed E-state index contributed by atoms with van der Waals surface area (Å²) in [6.07, 6.45) is 2.27. The third kappa shape index (κ3) is 5.54. The molecule has 1 aromatic rings. The largest absolute Gasteiger partial charge is 0.494 e. The van der Waals surface area contributed by atoms with Crippen LogP contribution in [0.3, 0.4) is 0 Å². The van der Waals surface area contributed by atoms with Gasteiger partial charge in [0.2, 0.25) is 5.91 Å². The van der Waals surface area contributed by atoms with Gasteiger partial charge in [-0.2, -0.15) is 5.26 Å². The van der Waals surface area contributed by atoms with Crippen LogP contribution in [0.1, 0.15) is 38.7 Å². The normalized spacial score (nSPS) is 20.5. The molecule has 0 unspecified atom stereocenters. The predicted molar refractivity (Wildman–Crippen MR) is 93.4 cm³/mol. The number of nitrogens with one attached hydrogen (secondary N) is 1. The van der Waals surface area contributed by atoms with Gasteiger partial charge in [-0.05, 0) is 36.5 Å². The second-order valence-corrected chi connectivity index (χ2v) is 6.48. The Labute approximate surface area is 144 Å². The lowest BCUT2D eigenvalue weighted by Gasteiger charge is -2.37. The summed E-state index contributed by atoms with van der Waals surface area (Å²) in [5, 5.41) is 12.1. The second-order valence-electron chi connectivity index (χ2n) is 6.48. The molecule has 0 radical (unpaired) electrons. The fourth-order valence-electron chi connectivity index (χ4n) is 3.07. The molecule has 0 saturated carbocycles. The topological polar surface area (TPSA) is 65.4 Å². The molecule has 2 atom stereocenters. The standard InChI is InChI=1S/C19H27N3O2/c1-15-14-22(16(2)23)10-8-19(15)21-13-17-6-5-7-18(12-17)24-11-4-3-9-20/h5-7,12,15,19,21H,3-4,8,10-11,13-14H2,1-2H3/t15-,19-/m1/s1. The molecular weight excluding hydrogens is 302 g/mol. The molecule has 0 spiro atoms. The highest BCUT2D eigenvalue weighted by molar-refractivity contribution is 5.73. The first-order valence-electron chi connectivity index (χ1n) is 8.67. The lowest BCUT2D eigenvalue weighted by Crippen LogP contribution is -2.49. The Kier molecular flexibility index (Phi) is 7.07. The van der Waals surface area contributed by atoms with E-state index in [0.717, 1.165) is 38.2 Å². The van der Waals surface area contributed by atoms with Crippen molar-refractivity contribution in [3.8, 4) is 11.8 Å². The zero-order valence-electron chi connectivity index (χ0n) is 14.6. The molecule has 1 aromatic carbocycles. The van der Waals surface area contributed by atoms with Crippen LogP contribution in [0, 0.1) is 17.2 Å². The number of hydrogen-bond acceptors (Lipinski definition) is 4. The molecule has 0 aliphatic carbocycles. The number of nitriles is 1. The van der Waals surface area contributed by atoms with Gasteiger partial charge < -0.3 is 15.0 Å². The highest BCUT2D eigenvalue weighted by Gasteiger charge is 2.26. The third-order valence-electron chi connectivity index (χ3n) is 4.52. The summed E-state index contributed by atoms with van der Waals surface area (Å²) in [6.45, 7) is 6.87. The van der Waals surface area contributed by atoms with Gasteiger partial charge in [0.1, 0.15) is 5.75 Å². The van der Waals surface area contributed by atoms with E-state index in [2.05, 4.69) is 30.4 Å². The van der Waals surface area contributed by atoms with Crippen molar-refractivity contribution < 1.29 is 9.53 Å². The number of likely N-dealkylation sites (tertiary alicyclic amines) is 1. The van der Waals surface area contributed by atoms with Crippen molar-refractivity contribution in [2.24, 2.45) is 5.92 Å². The number of hydrogen-bond donors (Lipinski definition) is 1. The van der Waals surface area contributed by atoms with Crippen LogP contribution in [0.25, 0.3) is 0 Å². The molecule has 1 N–H and O–H groups in total. The van der Waals surface area contributed by atoms with Crippen LogP contribution in [0.15, 0.2) is 24.3 Å². The number of benzene rings is 1. The van der Waals surface area contributed by atoms with Crippen LogP contribution in [0.2, 0.25) is 0 Å². The van der Waals surface area contributed by atoms with Crippen molar-refractivity contribution in [1.29, 1.82) is 5.26 Å². The number of ether oxygens (including phenoxy) is 1. The zero-order chi connectivity index (χ0) is 17.4. The van der Waals surface area contributed by atoms with Gasteiger partial charge in [0.15, 0.2) is 0 Å². The van der Waals surface area contributed by atoms with Crippen molar-refractivity contribution in [2.45, 2.75) is 45.7 Å². The van der Waals surface area contributed by atoms with Gasteiger partial charge in [-0.3, -0.25) is 4.79 Å². The minimum absolute atomic E-state index is 0.168.